The smallest absolute Gasteiger partial charge is 0.323 e. The zero-order chi connectivity index (χ0) is 15.5. The van der Waals surface area contributed by atoms with Crippen molar-refractivity contribution in [1.29, 1.82) is 0 Å². The van der Waals surface area contributed by atoms with Gasteiger partial charge in [-0.15, -0.1) is 0 Å². The second kappa shape index (κ2) is 6.74. The Kier molecular flexibility index (Phi) is 5.21. The van der Waals surface area contributed by atoms with E-state index in [-0.39, 0.29) is 12.6 Å². The van der Waals surface area contributed by atoms with Gasteiger partial charge in [0.05, 0.1) is 15.4 Å². The van der Waals surface area contributed by atoms with E-state index in [4.69, 9.17) is 0 Å². The Morgan fingerprint density at radius 1 is 1.62 bits per heavy atom. The number of piperidine rings is 1. The molecule has 0 radical (unpaired) electrons. The molecule has 1 unspecified atom stereocenters. The normalized spacial score (nSPS) is 22.1. The van der Waals surface area contributed by atoms with E-state index in [0.717, 1.165) is 10.2 Å². The molecular formula is C13H18BrN3O3S. The summed E-state index contributed by atoms with van der Waals surface area (Å²) in [7, 11) is 0. The minimum absolute atomic E-state index is 0.258. The Hall–Kier alpha value is -1.15. The van der Waals surface area contributed by atoms with Crippen LogP contribution < -0.4 is 5.32 Å². The molecule has 1 atom stereocenters. The number of thiazole rings is 1. The van der Waals surface area contributed by atoms with Gasteiger partial charge in [-0.25, -0.2) is 9.78 Å². The molecule has 1 aromatic heterocycles. The third-order valence-electron chi connectivity index (χ3n) is 3.74. The van der Waals surface area contributed by atoms with Gasteiger partial charge in [0.1, 0.15) is 0 Å². The second-order valence-electron chi connectivity index (χ2n) is 5.26. The molecule has 1 aliphatic heterocycles. The summed E-state index contributed by atoms with van der Waals surface area (Å²) in [6, 6.07) is -0.279. The van der Waals surface area contributed by atoms with E-state index in [1.165, 1.54) is 11.3 Å². The number of likely N-dealkylation sites (tertiary alicyclic amines) is 1. The van der Waals surface area contributed by atoms with E-state index >= 15 is 0 Å². The Labute approximate surface area is 135 Å². The number of urea groups is 1. The van der Waals surface area contributed by atoms with Gasteiger partial charge >= 0.3 is 12.0 Å². The van der Waals surface area contributed by atoms with Crippen molar-refractivity contribution in [2.24, 2.45) is 5.41 Å². The topological polar surface area (TPSA) is 82.5 Å². The summed E-state index contributed by atoms with van der Waals surface area (Å²) in [5.41, 5.74) is -0.812. The Morgan fingerprint density at radius 3 is 2.95 bits per heavy atom. The first-order chi connectivity index (χ1) is 9.97. The maximum Gasteiger partial charge on any atom is 0.323 e. The molecule has 2 amide bonds. The number of carbonyl (C=O) groups excluding carboxylic acids is 1. The van der Waals surface area contributed by atoms with Crippen LogP contribution in [0, 0.1) is 5.41 Å². The van der Waals surface area contributed by atoms with E-state index in [1.54, 1.807) is 11.1 Å². The van der Waals surface area contributed by atoms with Gasteiger partial charge in [0.25, 0.3) is 0 Å². The molecule has 0 spiro atoms. The van der Waals surface area contributed by atoms with Crippen molar-refractivity contribution in [2.45, 2.75) is 32.6 Å². The fourth-order valence-corrected chi connectivity index (χ4v) is 3.85. The molecule has 2 heterocycles. The number of carbonyl (C=O) groups is 2. The number of carboxylic acids is 1. The molecule has 6 nitrogen and oxygen atoms in total. The fraction of sp³-hybridized carbons (Fsp3) is 0.615. The summed E-state index contributed by atoms with van der Waals surface area (Å²) in [6.07, 6.45) is 4.34. The molecule has 116 valence electrons. The number of aromatic nitrogens is 1. The number of anilines is 1. The SMILES string of the molecule is CCCC1(C(=O)O)CCCN(C(=O)Nc2ncc(Br)s2)C1. The second-order valence-corrected chi connectivity index (χ2v) is 7.67. The number of hydrogen-bond donors (Lipinski definition) is 2. The number of rotatable bonds is 4. The molecule has 8 heteroatoms. The van der Waals surface area contributed by atoms with Gasteiger partial charge in [0, 0.05) is 13.1 Å². The zero-order valence-electron chi connectivity index (χ0n) is 11.8. The number of halogens is 1. The lowest BCUT2D eigenvalue weighted by Crippen LogP contribution is -2.51. The first-order valence-corrected chi connectivity index (χ1v) is 8.48. The van der Waals surface area contributed by atoms with Gasteiger partial charge < -0.3 is 10.0 Å². The quantitative estimate of drug-likeness (QED) is 0.844. The van der Waals surface area contributed by atoms with Crippen molar-refractivity contribution >= 4 is 44.4 Å². The molecule has 2 rings (SSSR count). The predicted molar refractivity (Wildman–Crippen MR) is 84.6 cm³/mol. The molecule has 1 fully saturated rings. The molecule has 0 aliphatic carbocycles. The summed E-state index contributed by atoms with van der Waals surface area (Å²) < 4.78 is 0.835. The van der Waals surface area contributed by atoms with Gasteiger partial charge in [-0.2, -0.15) is 0 Å². The van der Waals surface area contributed by atoms with Crippen LogP contribution in [0.4, 0.5) is 9.93 Å². The van der Waals surface area contributed by atoms with Crippen LogP contribution in [0.15, 0.2) is 9.98 Å². The summed E-state index contributed by atoms with van der Waals surface area (Å²) in [5.74, 6) is -0.807. The maximum atomic E-state index is 12.3. The molecule has 1 saturated heterocycles. The highest BCUT2D eigenvalue weighted by molar-refractivity contribution is 9.11. The molecule has 0 aromatic carbocycles. The number of hydrogen-bond acceptors (Lipinski definition) is 4. The highest BCUT2D eigenvalue weighted by Crippen LogP contribution is 2.35. The van der Waals surface area contributed by atoms with E-state index < -0.39 is 11.4 Å². The van der Waals surface area contributed by atoms with Crippen molar-refractivity contribution in [1.82, 2.24) is 9.88 Å². The monoisotopic (exact) mass is 375 g/mol. The average Bonchev–Trinajstić information content (AvgIpc) is 2.84. The number of nitrogens with one attached hydrogen (secondary N) is 1. The Balaban J connectivity index is 2.05. The lowest BCUT2D eigenvalue weighted by atomic mass is 9.76. The van der Waals surface area contributed by atoms with E-state index in [2.05, 4.69) is 26.2 Å². The molecule has 1 aromatic rings. The van der Waals surface area contributed by atoms with Crippen molar-refractivity contribution in [3.05, 3.63) is 9.98 Å². The molecule has 2 N–H and O–H groups in total. The molecule has 21 heavy (non-hydrogen) atoms. The van der Waals surface area contributed by atoms with Crippen molar-refractivity contribution < 1.29 is 14.7 Å². The zero-order valence-corrected chi connectivity index (χ0v) is 14.2. The van der Waals surface area contributed by atoms with E-state index in [0.29, 0.717) is 30.9 Å². The van der Waals surface area contributed by atoms with Crippen molar-refractivity contribution in [2.75, 3.05) is 18.4 Å². The van der Waals surface area contributed by atoms with Crippen LogP contribution in [0.3, 0.4) is 0 Å². The summed E-state index contributed by atoms with van der Waals surface area (Å²) in [6.45, 7) is 2.81. The number of amides is 2. The Morgan fingerprint density at radius 2 is 2.38 bits per heavy atom. The highest BCUT2D eigenvalue weighted by Gasteiger charge is 2.42. The standard InChI is InChI=1S/C13H18BrN3O3S/c1-2-4-13(10(18)19)5-3-6-17(8-13)12(20)16-11-15-7-9(14)21-11/h7H,2-6,8H2,1H3,(H,18,19)(H,15,16,20). The third kappa shape index (κ3) is 3.74. The van der Waals surface area contributed by atoms with Gasteiger partial charge in [-0.05, 0) is 35.2 Å². The first-order valence-electron chi connectivity index (χ1n) is 6.87. The van der Waals surface area contributed by atoms with Crippen LogP contribution in [0.2, 0.25) is 0 Å². The van der Waals surface area contributed by atoms with Crippen molar-refractivity contribution in [3.63, 3.8) is 0 Å². The lowest BCUT2D eigenvalue weighted by Gasteiger charge is -2.39. The molecule has 0 saturated carbocycles. The first kappa shape index (κ1) is 16.2. The molecule has 1 aliphatic rings. The molecule has 0 bridgehead atoms. The predicted octanol–water partition coefficient (Wildman–Crippen LogP) is 3.40. The summed E-state index contributed by atoms with van der Waals surface area (Å²) in [5, 5.41) is 12.8. The number of aliphatic carboxylic acids is 1. The maximum absolute atomic E-state index is 12.3. The van der Waals surface area contributed by atoms with Crippen LogP contribution in [-0.2, 0) is 4.79 Å². The fourth-order valence-electron chi connectivity index (χ4n) is 2.75. The van der Waals surface area contributed by atoms with Gasteiger partial charge in [0.15, 0.2) is 5.13 Å². The van der Waals surface area contributed by atoms with Gasteiger partial charge in [-0.1, -0.05) is 24.7 Å². The summed E-state index contributed by atoms with van der Waals surface area (Å²) >= 11 is 4.62. The third-order valence-corrected chi connectivity index (χ3v) is 5.13. The van der Waals surface area contributed by atoms with E-state index in [9.17, 15) is 14.7 Å². The van der Waals surface area contributed by atoms with Crippen LogP contribution in [0.1, 0.15) is 32.6 Å². The minimum atomic E-state index is -0.812. The van der Waals surface area contributed by atoms with Crippen LogP contribution >= 0.6 is 27.3 Å². The van der Waals surface area contributed by atoms with Gasteiger partial charge in [0.2, 0.25) is 0 Å². The van der Waals surface area contributed by atoms with Crippen LogP contribution in [0.5, 0.6) is 0 Å². The van der Waals surface area contributed by atoms with Crippen LogP contribution in [0.25, 0.3) is 0 Å². The average molecular weight is 376 g/mol. The van der Waals surface area contributed by atoms with E-state index in [1.807, 2.05) is 6.92 Å². The van der Waals surface area contributed by atoms with Gasteiger partial charge in [-0.3, -0.25) is 10.1 Å². The van der Waals surface area contributed by atoms with Crippen molar-refractivity contribution in [3.8, 4) is 0 Å². The lowest BCUT2D eigenvalue weighted by molar-refractivity contribution is -0.152. The molecular weight excluding hydrogens is 358 g/mol. The highest BCUT2D eigenvalue weighted by atomic mass is 79.9. The number of nitrogens with zero attached hydrogens (tertiary/aromatic N) is 2. The van der Waals surface area contributed by atoms with Crippen LogP contribution in [-0.4, -0.2) is 40.1 Å². The largest absolute Gasteiger partial charge is 0.481 e. The number of carboxylic acid groups (broad SMARTS) is 1. The Bertz CT molecular complexity index is 532. The summed E-state index contributed by atoms with van der Waals surface area (Å²) in [4.78, 5) is 29.5. The minimum Gasteiger partial charge on any atom is -0.481 e.